The summed E-state index contributed by atoms with van der Waals surface area (Å²) in [6, 6.07) is 13.3. The molecule has 1 aromatic carbocycles. The zero-order valence-corrected chi connectivity index (χ0v) is 13.5. The lowest BCUT2D eigenvalue weighted by Crippen LogP contribution is -2.62. The summed E-state index contributed by atoms with van der Waals surface area (Å²) in [5.41, 5.74) is 0.762. The van der Waals surface area contributed by atoms with Crippen LogP contribution in [0.2, 0.25) is 0 Å². The third kappa shape index (κ3) is 1.21. The van der Waals surface area contributed by atoms with Crippen molar-refractivity contribution in [3.8, 4) is 6.07 Å². The number of esters is 1. The molecular formula is C20H21NO2. The first-order valence-electron chi connectivity index (χ1n) is 8.61. The van der Waals surface area contributed by atoms with Gasteiger partial charge in [0, 0.05) is 10.8 Å². The van der Waals surface area contributed by atoms with Gasteiger partial charge in [0.1, 0.15) is 0 Å². The monoisotopic (exact) mass is 307 g/mol. The second-order valence-corrected chi connectivity index (χ2v) is 8.50. The van der Waals surface area contributed by atoms with E-state index >= 15 is 0 Å². The molecule has 1 aromatic rings. The Bertz CT molecular complexity index is 753. The van der Waals surface area contributed by atoms with Gasteiger partial charge in [-0.05, 0) is 50.0 Å². The van der Waals surface area contributed by atoms with Crippen molar-refractivity contribution >= 4 is 5.97 Å². The van der Waals surface area contributed by atoms with Crippen LogP contribution in [-0.2, 0) is 14.9 Å². The molecule has 4 fully saturated rings. The first-order valence-corrected chi connectivity index (χ1v) is 8.61. The highest BCUT2D eigenvalue weighted by Crippen LogP contribution is 2.88. The van der Waals surface area contributed by atoms with Crippen LogP contribution in [0.5, 0.6) is 0 Å². The van der Waals surface area contributed by atoms with E-state index in [0.717, 1.165) is 38.5 Å². The van der Waals surface area contributed by atoms with Gasteiger partial charge in [0.25, 0.3) is 0 Å². The lowest BCUT2D eigenvalue weighted by atomic mass is 9.37. The Labute approximate surface area is 136 Å². The van der Waals surface area contributed by atoms with Crippen LogP contribution >= 0.6 is 0 Å². The van der Waals surface area contributed by atoms with Crippen molar-refractivity contribution in [1.82, 2.24) is 0 Å². The first kappa shape index (κ1) is 13.6. The standard InChI is InChI=1S/C20H21NO2/c1-23-16(22)17-7-14-8-18(13-21)12-19(10-17,20(18,9-14)11-17)15-5-3-2-4-6-15/h2-6,14H,7-12H2,1H3. The molecule has 0 aliphatic heterocycles. The Morgan fingerprint density at radius 3 is 2.65 bits per heavy atom. The predicted octanol–water partition coefficient (Wildman–Crippen LogP) is 3.59. The van der Waals surface area contributed by atoms with E-state index in [0.29, 0.717) is 5.92 Å². The number of carbonyl (C=O) groups excluding carboxylic acids is 1. The van der Waals surface area contributed by atoms with E-state index in [1.807, 2.05) is 6.07 Å². The molecule has 4 aliphatic carbocycles. The van der Waals surface area contributed by atoms with Gasteiger partial charge in [-0.3, -0.25) is 4.79 Å². The summed E-state index contributed by atoms with van der Waals surface area (Å²) in [6.07, 6.45) is 5.67. The molecule has 0 N–H and O–H groups in total. The Morgan fingerprint density at radius 1 is 1.17 bits per heavy atom. The average Bonchev–Trinajstić information content (AvgIpc) is 2.88. The van der Waals surface area contributed by atoms with Crippen LogP contribution in [0.15, 0.2) is 30.3 Å². The Morgan fingerprint density at radius 2 is 1.96 bits per heavy atom. The summed E-state index contributed by atoms with van der Waals surface area (Å²) in [6.45, 7) is 0. The first-order chi connectivity index (χ1) is 11.1. The zero-order valence-electron chi connectivity index (χ0n) is 13.5. The number of carbonyl (C=O) groups is 1. The predicted molar refractivity (Wildman–Crippen MR) is 84.2 cm³/mol. The Hall–Kier alpha value is -1.82. The van der Waals surface area contributed by atoms with E-state index in [1.165, 1.54) is 12.7 Å². The van der Waals surface area contributed by atoms with Crippen LogP contribution < -0.4 is 0 Å². The molecule has 1 spiro atoms. The van der Waals surface area contributed by atoms with Gasteiger partial charge in [0.05, 0.1) is 24.0 Å². The minimum atomic E-state index is -0.359. The maximum Gasteiger partial charge on any atom is 0.311 e. The van der Waals surface area contributed by atoms with Gasteiger partial charge in [-0.25, -0.2) is 0 Å². The van der Waals surface area contributed by atoms with Gasteiger partial charge < -0.3 is 4.74 Å². The second-order valence-electron chi connectivity index (χ2n) is 8.50. The van der Waals surface area contributed by atoms with E-state index in [2.05, 4.69) is 30.3 Å². The molecule has 3 heteroatoms. The maximum absolute atomic E-state index is 12.7. The quantitative estimate of drug-likeness (QED) is 0.785. The molecule has 5 atom stereocenters. The highest BCUT2D eigenvalue weighted by molar-refractivity contribution is 5.79. The zero-order chi connectivity index (χ0) is 15.9. The molecule has 0 radical (unpaired) electrons. The number of fused-ring (bicyclic) bond motifs is 2. The van der Waals surface area contributed by atoms with Crippen molar-refractivity contribution < 1.29 is 9.53 Å². The molecule has 4 aliphatic rings. The van der Waals surface area contributed by atoms with Gasteiger partial charge in [-0.15, -0.1) is 0 Å². The van der Waals surface area contributed by atoms with Crippen molar-refractivity contribution in [1.29, 1.82) is 5.26 Å². The molecule has 3 nitrogen and oxygen atoms in total. The summed E-state index contributed by atoms with van der Waals surface area (Å²) < 4.78 is 5.22. The largest absolute Gasteiger partial charge is 0.469 e. The molecule has 0 saturated heterocycles. The number of methoxy groups -OCH3 is 1. The lowest BCUT2D eigenvalue weighted by Gasteiger charge is -2.63. The van der Waals surface area contributed by atoms with Crippen molar-refractivity contribution in [2.24, 2.45) is 22.2 Å². The molecule has 0 heterocycles. The van der Waals surface area contributed by atoms with E-state index < -0.39 is 0 Å². The van der Waals surface area contributed by atoms with Crippen LogP contribution in [-0.4, -0.2) is 13.1 Å². The SMILES string of the molecule is COC(=O)C12CC3CC4(C#N)CC(c5ccccc5)(C1)C4(C3)C2. The minimum Gasteiger partial charge on any atom is -0.469 e. The number of ether oxygens (including phenoxy) is 1. The van der Waals surface area contributed by atoms with E-state index in [4.69, 9.17) is 4.74 Å². The number of nitriles is 1. The molecule has 23 heavy (non-hydrogen) atoms. The normalized spacial score (nSPS) is 48.4. The van der Waals surface area contributed by atoms with Crippen LogP contribution in [0.4, 0.5) is 0 Å². The molecule has 5 unspecified atom stereocenters. The lowest BCUT2D eigenvalue weighted by molar-refractivity contribution is -0.155. The fourth-order valence-electron chi connectivity index (χ4n) is 7.50. The van der Waals surface area contributed by atoms with Crippen molar-refractivity contribution in [2.45, 2.75) is 43.9 Å². The van der Waals surface area contributed by atoms with Crippen LogP contribution in [0, 0.1) is 33.5 Å². The van der Waals surface area contributed by atoms with E-state index in [1.54, 1.807) is 0 Å². The summed E-state index contributed by atoms with van der Waals surface area (Å²) in [5, 5.41) is 10.0. The summed E-state index contributed by atoms with van der Waals surface area (Å²) in [4.78, 5) is 12.7. The fourth-order valence-corrected chi connectivity index (χ4v) is 7.50. The topological polar surface area (TPSA) is 50.1 Å². The number of benzene rings is 1. The number of nitrogens with zero attached hydrogens (tertiary/aromatic N) is 1. The van der Waals surface area contributed by atoms with Crippen LogP contribution in [0.25, 0.3) is 0 Å². The van der Waals surface area contributed by atoms with E-state index in [-0.39, 0.29) is 27.6 Å². The van der Waals surface area contributed by atoms with Crippen molar-refractivity contribution in [3.63, 3.8) is 0 Å². The molecule has 0 amide bonds. The molecular weight excluding hydrogens is 286 g/mol. The number of rotatable bonds is 2. The third-order valence-electron chi connectivity index (χ3n) is 7.83. The second kappa shape index (κ2) is 3.80. The Balaban J connectivity index is 1.73. The summed E-state index contributed by atoms with van der Waals surface area (Å²) in [7, 11) is 1.51. The smallest absolute Gasteiger partial charge is 0.311 e. The van der Waals surface area contributed by atoms with Gasteiger partial charge >= 0.3 is 5.97 Å². The molecule has 3 bridgehead atoms. The summed E-state index contributed by atoms with van der Waals surface area (Å²) >= 11 is 0. The van der Waals surface area contributed by atoms with Gasteiger partial charge in [-0.1, -0.05) is 30.3 Å². The van der Waals surface area contributed by atoms with Gasteiger partial charge in [0.2, 0.25) is 0 Å². The van der Waals surface area contributed by atoms with Crippen LogP contribution in [0.3, 0.4) is 0 Å². The summed E-state index contributed by atoms with van der Waals surface area (Å²) in [5.74, 6) is 0.468. The Kier molecular flexibility index (Phi) is 2.25. The molecule has 118 valence electrons. The average molecular weight is 307 g/mol. The highest BCUT2D eigenvalue weighted by Gasteiger charge is 2.86. The number of hydrogen-bond acceptors (Lipinski definition) is 3. The van der Waals surface area contributed by atoms with Crippen LogP contribution in [0.1, 0.15) is 44.1 Å². The van der Waals surface area contributed by atoms with Gasteiger partial charge in [-0.2, -0.15) is 5.26 Å². The van der Waals surface area contributed by atoms with Gasteiger partial charge in [0.15, 0.2) is 0 Å². The van der Waals surface area contributed by atoms with Crippen molar-refractivity contribution in [2.75, 3.05) is 7.11 Å². The van der Waals surface area contributed by atoms with Crippen molar-refractivity contribution in [3.05, 3.63) is 35.9 Å². The molecule has 5 rings (SSSR count). The minimum absolute atomic E-state index is 0.00340. The molecule has 0 aromatic heterocycles. The fraction of sp³-hybridized carbons (Fsp3) is 0.600. The van der Waals surface area contributed by atoms with E-state index in [9.17, 15) is 10.1 Å². The molecule has 4 saturated carbocycles. The maximum atomic E-state index is 12.7. The third-order valence-corrected chi connectivity index (χ3v) is 7.83. The number of hydrogen-bond donors (Lipinski definition) is 0. The highest BCUT2D eigenvalue weighted by atomic mass is 16.5.